The molecular formula is C24H25ClN2O2. The van der Waals surface area contributed by atoms with Crippen LogP contribution < -0.4 is 5.32 Å². The van der Waals surface area contributed by atoms with Gasteiger partial charge in [-0.25, -0.2) is 4.79 Å². The van der Waals surface area contributed by atoms with E-state index < -0.39 is 0 Å². The molecule has 1 aliphatic carbocycles. The first-order chi connectivity index (χ1) is 14.2. The summed E-state index contributed by atoms with van der Waals surface area (Å²) in [6.45, 7) is 0.974. The number of carbonyl (C=O) groups excluding carboxylic acids is 1. The second-order valence-electron chi connectivity index (χ2n) is 7.44. The third kappa shape index (κ3) is 4.39. The second kappa shape index (κ2) is 8.85. The molecular weight excluding hydrogens is 384 g/mol. The molecule has 2 N–H and O–H groups in total. The van der Waals surface area contributed by atoms with Crippen LogP contribution in [0.1, 0.15) is 41.1 Å². The summed E-state index contributed by atoms with van der Waals surface area (Å²) in [7, 11) is 1.39. The summed E-state index contributed by atoms with van der Waals surface area (Å²) < 4.78 is 4.65. The molecule has 1 heterocycles. The first kappa shape index (κ1) is 19.7. The largest absolute Gasteiger partial charge is 0.466 e. The van der Waals surface area contributed by atoms with E-state index in [4.69, 9.17) is 11.6 Å². The van der Waals surface area contributed by atoms with Crippen molar-refractivity contribution in [1.29, 1.82) is 0 Å². The lowest BCUT2D eigenvalue weighted by atomic mass is 10.0. The molecule has 3 aromatic rings. The molecule has 150 valence electrons. The first-order valence-electron chi connectivity index (χ1n) is 10.0. The number of rotatable bonds is 7. The number of hydrogen-bond acceptors (Lipinski definition) is 3. The lowest BCUT2D eigenvalue weighted by Gasteiger charge is -2.14. The van der Waals surface area contributed by atoms with Crippen molar-refractivity contribution in [2.24, 2.45) is 0 Å². The van der Waals surface area contributed by atoms with Crippen molar-refractivity contribution in [3.05, 3.63) is 75.9 Å². The number of aromatic amines is 1. The number of esters is 1. The van der Waals surface area contributed by atoms with Crippen LogP contribution in [0.25, 0.3) is 17.0 Å². The van der Waals surface area contributed by atoms with Gasteiger partial charge in [-0.3, -0.25) is 0 Å². The van der Waals surface area contributed by atoms with Crippen LogP contribution in [0.4, 0.5) is 0 Å². The SMILES string of the molecule is COC(=O)/C=C/c1ccc2c(c1)CCC2NCCCc1c[nH]c2c(Cl)cccc12. The van der Waals surface area contributed by atoms with Gasteiger partial charge in [0.15, 0.2) is 0 Å². The van der Waals surface area contributed by atoms with Crippen LogP contribution in [0.2, 0.25) is 5.02 Å². The average molecular weight is 409 g/mol. The van der Waals surface area contributed by atoms with Crippen LogP contribution in [0.15, 0.2) is 48.7 Å². The van der Waals surface area contributed by atoms with Gasteiger partial charge in [0.1, 0.15) is 0 Å². The Morgan fingerprint density at radius 1 is 1.34 bits per heavy atom. The van der Waals surface area contributed by atoms with E-state index in [2.05, 4.69) is 45.5 Å². The fourth-order valence-electron chi connectivity index (χ4n) is 4.12. The number of fused-ring (bicyclic) bond motifs is 2. The minimum atomic E-state index is -0.331. The fourth-order valence-corrected chi connectivity index (χ4v) is 4.35. The summed E-state index contributed by atoms with van der Waals surface area (Å²) in [6, 6.07) is 12.9. The maximum absolute atomic E-state index is 11.3. The van der Waals surface area contributed by atoms with Gasteiger partial charge in [0.25, 0.3) is 0 Å². The summed E-state index contributed by atoms with van der Waals surface area (Å²) in [5.41, 5.74) is 6.12. The number of halogens is 1. The van der Waals surface area contributed by atoms with Gasteiger partial charge in [0, 0.05) is 23.7 Å². The Bertz CT molecular complexity index is 1050. The van der Waals surface area contributed by atoms with Crippen molar-refractivity contribution in [2.45, 2.75) is 31.7 Å². The highest BCUT2D eigenvalue weighted by molar-refractivity contribution is 6.35. The molecule has 0 spiro atoms. The highest BCUT2D eigenvalue weighted by Crippen LogP contribution is 2.32. The van der Waals surface area contributed by atoms with E-state index >= 15 is 0 Å². The van der Waals surface area contributed by atoms with Crippen LogP contribution in [-0.2, 0) is 22.4 Å². The number of benzene rings is 2. The molecule has 29 heavy (non-hydrogen) atoms. The Kier molecular flexibility index (Phi) is 6.02. The van der Waals surface area contributed by atoms with Crippen molar-refractivity contribution in [3.8, 4) is 0 Å². The van der Waals surface area contributed by atoms with Crippen molar-refractivity contribution in [1.82, 2.24) is 10.3 Å². The van der Waals surface area contributed by atoms with E-state index in [1.165, 1.54) is 35.3 Å². The van der Waals surface area contributed by atoms with Crippen molar-refractivity contribution >= 4 is 34.5 Å². The fraction of sp³-hybridized carbons (Fsp3) is 0.292. The molecule has 4 rings (SSSR count). The summed E-state index contributed by atoms with van der Waals surface area (Å²) in [5.74, 6) is -0.331. The number of ether oxygens (including phenoxy) is 1. The van der Waals surface area contributed by atoms with Crippen molar-refractivity contribution in [2.75, 3.05) is 13.7 Å². The van der Waals surface area contributed by atoms with E-state index in [0.717, 1.165) is 48.3 Å². The molecule has 4 nitrogen and oxygen atoms in total. The molecule has 0 aliphatic heterocycles. The van der Waals surface area contributed by atoms with Crippen LogP contribution in [-0.4, -0.2) is 24.6 Å². The maximum Gasteiger partial charge on any atom is 0.330 e. The normalized spacial score (nSPS) is 15.9. The molecule has 0 radical (unpaired) electrons. The molecule has 0 bridgehead atoms. The van der Waals surface area contributed by atoms with Crippen molar-refractivity contribution < 1.29 is 9.53 Å². The summed E-state index contributed by atoms with van der Waals surface area (Å²) in [6.07, 6.45) is 9.61. The van der Waals surface area contributed by atoms with Gasteiger partial charge >= 0.3 is 5.97 Å². The molecule has 0 saturated carbocycles. The van der Waals surface area contributed by atoms with Gasteiger partial charge in [-0.1, -0.05) is 41.9 Å². The molecule has 0 saturated heterocycles. The van der Waals surface area contributed by atoms with Gasteiger partial charge < -0.3 is 15.0 Å². The van der Waals surface area contributed by atoms with Crippen LogP contribution >= 0.6 is 11.6 Å². The van der Waals surface area contributed by atoms with Gasteiger partial charge in [-0.15, -0.1) is 0 Å². The zero-order chi connectivity index (χ0) is 20.2. The summed E-state index contributed by atoms with van der Waals surface area (Å²) >= 11 is 6.25. The van der Waals surface area contributed by atoms with E-state index in [1.54, 1.807) is 6.08 Å². The predicted octanol–water partition coefficient (Wildman–Crippen LogP) is 5.22. The lowest BCUT2D eigenvalue weighted by Crippen LogP contribution is -2.20. The van der Waals surface area contributed by atoms with E-state index in [-0.39, 0.29) is 5.97 Å². The van der Waals surface area contributed by atoms with E-state index in [1.807, 2.05) is 12.1 Å². The predicted molar refractivity (Wildman–Crippen MR) is 118 cm³/mol. The molecule has 1 atom stereocenters. The quantitative estimate of drug-likeness (QED) is 0.320. The van der Waals surface area contributed by atoms with E-state index in [0.29, 0.717) is 6.04 Å². The van der Waals surface area contributed by atoms with Crippen LogP contribution in [0.3, 0.4) is 0 Å². The molecule has 1 aliphatic rings. The zero-order valence-electron chi connectivity index (χ0n) is 16.5. The Labute approximate surface area is 175 Å². The highest BCUT2D eigenvalue weighted by atomic mass is 35.5. The van der Waals surface area contributed by atoms with Gasteiger partial charge in [0.2, 0.25) is 0 Å². The molecule has 5 heteroatoms. The molecule has 1 aromatic heterocycles. The van der Waals surface area contributed by atoms with Gasteiger partial charge in [-0.2, -0.15) is 0 Å². The minimum Gasteiger partial charge on any atom is -0.466 e. The summed E-state index contributed by atoms with van der Waals surface area (Å²) in [5, 5.41) is 5.70. The number of para-hydroxylation sites is 1. The molecule has 2 aromatic carbocycles. The topological polar surface area (TPSA) is 54.1 Å². The molecule has 0 amide bonds. The molecule has 0 fully saturated rings. The number of carbonyl (C=O) groups is 1. The van der Waals surface area contributed by atoms with Gasteiger partial charge in [0.05, 0.1) is 17.6 Å². The van der Waals surface area contributed by atoms with Crippen LogP contribution in [0, 0.1) is 0 Å². The number of aryl methyl sites for hydroxylation is 2. The Hall–Kier alpha value is -2.56. The number of aromatic nitrogens is 1. The number of H-pyrrole nitrogens is 1. The average Bonchev–Trinajstić information content (AvgIpc) is 3.34. The monoisotopic (exact) mass is 408 g/mol. The number of hydrogen-bond donors (Lipinski definition) is 2. The lowest BCUT2D eigenvalue weighted by molar-refractivity contribution is -0.134. The first-order valence-corrected chi connectivity index (χ1v) is 10.4. The summed E-state index contributed by atoms with van der Waals surface area (Å²) in [4.78, 5) is 14.6. The van der Waals surface area contributed by atoms with Gasteiger partial charge in [-0.05, 0) is 66.6 Å². The van der Waals surface area contributed by atoms with Crippen molar-refractivity contribution in [3.63, 3.8) is 0 Å². The zero-order valence-corrected chi connectivity index (χ0v) is 17.3. The van der Waals surface area contributed by atoms with E-state index in [9.17, 15) is 4.79 Å². The Morgan fingerprint density at radius 3 is 3.10 bits per heavy atom. The highest BCUT2D eigenvalue weighted by Gasteiger charge is 2.21. The molecule has 1 unspecified atom stereocenters. The Balaban J connectivity index is 1.32. The maximum atomic E-state index is 11.3. The third-order valence-electron chi connectivity index (χ3n) is 5.62. The minimum absolute atomic E-state index is 0.331. The van der Waals surface area contributed by atoms with Crippen LogP contribution in [0.5, 0.6) is 0 Å². The smallest absolute Gasteiger partial charge is 0.330 e. The number of methoxy groups -OCH3 is 1. The standard InChI is InChI=1S/C24H25ClN2O2/c1-29-23(28)12-8-16-7-10-19-17(14-16)9-11-22(19)26-13-3-4-18-15-27-24-20(18)5-2-6-21(24)25/h2,5-8,10,12,14-15,22,26-27H,3-4,9,11,13H2,1H3/b12-8+. The Morgan fingerprint density at radius 2 is 2.24 bits per heavy atom. The number of nitrogens with one attached hydrogen (secondary N) is 2. The second-order valence-corrected chi connectivity index (χ2v) is 7.85. The third-order valence-corrected chi connectivity index (χ3v) is 5.94.